The summed E-state index contributed by atoms with van der Waals surface area (Å²) in [4.78, 5) is 27.1. The van der Waals surface area contributed by atoms with E-state index in [1.165, 1.54) is 5.56 Å². The zero-order chi connectivity index (χ0) is 20.4. The third kappa shape index (κ3) is 4.04. The van der Waals surface area contributed by atoms with Crippen molar-refractivity contribution in [2.24, 2.45) is 0 Å². The highest BCUT2D eigenvalue weighted by Gasteiger charge is 2.43. The smallest absolute Gasteiger partial charge is 0.246 e. The fourth-order valence-electron chi connectivity index (χ4n) is 3.96. The average molecular weight is 391 g/mol. The van der Waals surface area contributed by atoms with Gasteiger partial charge in [0.2, 0.25) is 5.91 Å². The third-order valence-corrected chi connectivity index (χ3v) is 5.78. The molecule has 0 saturated carbocycles. The first kappa shape index (κ1) is 19.2. The molecule has 2 aliphatic heterocycles. The van der Waals surface area contributed by atoms with Crippen LogP contribution in [0.2, 0.25) is 0 Å². The average Bonchev–Trinajstić information content (AvgIpc) is 2.73. The van der Waals surface area contributed by atoms with Crippen LogP contribution in [0.3, 0.4) is 0 Å². The highest BCUT2D eigenvalue weighted by molar-refractivity contribution is 6.00. The molecule has 0 bridgehead atoms. The van der Waals surface area contributed by atoms with Gasteiger partial charge in [0.1, 0.15) is 17.1 Å². The van der Waals surface area contributed by atoms with Crippen LogP contribution >= 0.6 is 0 Å². The Morgan fingerprint density at radius 1 is 1.14 bits per heavy atom. The lowest BCUT2D eigenvalue weighted by Crippen LogP contribution is -2.52. The van der Waals surface area contributed by atoms with Crippen molar-refractivity contribution in [2.45, 2.75) is 31.8 Å². The molecule has 0 N–H and O–H groups in total. The van der Waals surface area contributed by atoms with Gasteiger partial charge < -0.3 is 14.4 Å². The second-order valence-electron chi connectivity index (χ2n) is 7.82. The standard InChI is InChI=1S/C24H25NO4/c1-17-3-5-18(6-4-17)7-10-23(27)25-13-11-24(12-14-25)16-21(26)20-15-19(28-2)8-9-22(20)29-24/h3-10,15H,11-14,16H2,1-2H3/b10-7+. The number of ether oxygens (including phenoxy) is 2. The molecule has 150 valence electrons. The highest BCUT2D eigenvalue weighted by Crippen LogP contribution is 2.40. The van der Waals surface area contributed by atoms with Crippen LogP contribution in [0, 0.1) is 6.92 Å². The number of methoxy groups -OCH3 is 1. The lowest BCUT2D eigenvalue weighted by atomic mass is 9.82. The van der Waals surface area contributed by atoms with E-state index in [1.54, 1.807) is 31.4 Å². The van der Waals surface area contributed by atoms with Crippen molar-refractivity contribution in [1.29, 1.82) is 0 Å². The van der Waals surface area contributed by atoms with Gasteiger partial charge in [-0.15, -0.1) is 0 Å². The maximum atomic E-state index is 12.7. The Hall–Kier alpha value is -3.08. The highest BCUT2D eigenvalue weighted by atomic mass is 16.5. The maximum absolute atomic E-state index is 12.7. The van der Waals surface area contributed by atoms with Crippen LogP contribution in [0.4, 0.5) is 0 Å². The van der Waals surface area contributed by atoms with E-state index < -0.39 is 5.60 Å². The van der Waals surface area contributed by atoms with Gasteiger partial charge in [-0.25, -0.2) is 0 Å². The van der Waals surface area contributed by atoms with E-state index in [4.69, 9.17) is 9.47 Å². The Balaban J connectivity index is 1.40. The summed E-state index contributed by atoms with van der Waals surface area (Å²) in [7, 11) is 1.58. The van der Waals surface area contributed by atoms with Gasteiger partial charge in [-0.05, 0) is 36.8 Å². The molecule has 2 aromatic rings. The van der Waals surface area contributed by atoms with Gasteiger partial charge >= 0.3 is 0 Å². The Bertz CT molecular complexity index is 953. The summed E-state index contributed by atoms with van der Waals surface area (Å²) >= 11 is 0. The molecule has 4 rings (SSSR count). The summed E-state index contributed by atoms with van der Waals surface area (Å²) in [5.41, 5.74) is 2.26. The fourth-order valence-corrected chi connectivity index (χ4v) is 3.96. The van der Waals surface area contributed by atoms with E-state index in [-0.39, 0.29) is 11.7 Å². The monoisotopic (exact) mass is 391 g/mol. The molecule has 5 nitrogen and oxygen atoms in total. The molecule has 0 radical (unpaired) electrons. The third-order valence-electron chi connectivity index (χ3n) is 5.78. The number of hydrogen-bond donors (Lipinski definition) is 0. The number of hydrogen-bond acceptors (Lipinski definition) is 4. The van der Waals surface area contributed by atoms with Crippen molar-refractivity contribution in [3.05, 3.63) is 65.2 Å². The van der Waals surface area contributed by atoms with E-state index in [2.05, 4.69) is 0 Å². The SMILES string of the molecule is COc1ccc2c(c1)C(=O)CC1(CCN(C(=O)/C=C/c3ccc(C)cc3)CC1)O2. The topological polar surface area (TPSA) is 55.8 Å². The van der Waals surface area contributed by atoms with Gasteiger partial charge in [0, 0.05) is 32.0 Å². The summed E-state index contributed by atoms with van der Waals surface area (Å²) in [6.07, 6.45) is 5.10. The number of benzene rings is 2. The van der Waals surface area contributed by atoms with Gasteiger partial charge in [-0.3, -0.25) is 9.59 Å². The molecule has 29 heavy (non-hydrogen) atoms. The minimum absolute atomic E-state index is 0.00676. The molecule has 1 amide bonds. The molecule has 0 aliphatic carbocycles. The number of Topliss-reactive ketones (excluding diaryl/α,β-unsaturated/α-hetero) is 1. The summed E-state index contributed by atoms with van der Waals surface area (Å²) in [6.45, 7) is 3.20. The number of ketones is 1. The van der Waals surface area contributed by atoms with Gasteiger partial charge in [-0.2, -0.15) is 0 Å². The molecule has 0 unspecified atom stereocenters. The van der Waals surface area contributed by atoms with Gasteiger partial charge in [0.25, 0.3) is 0 Å². The number of nitrogens with zero attached hydrogens (tertiary/aromatic N) is 1. The molecule has 5 heteroatoms. The minimum atomic E-state index is -0.518. The minimum Gasteiger partial charge on any atom is -0.497 e. The molecule has 1 spiro atoms. The largest absolute Gasteiger partial charge is 0.497 e. The lowest BCUT2D eigenvalue weighted by Gasteiger charge is -2.43. The fraction of sp³-hybridized carbons (Fsp3) is 0.333. The Labute approximate surface area is 170 Å². The first-order valence-corrected chi connectivity index (χ1v) is 9.92. The summed E-state index contributed by atoms with van der Waals surface area (Å²) in [6, 6.07) is 13.4. The predicted molar refractivity (Wildman–Crippen MR) is 111 cm³/mol. The quantitative estimate of drug-likeness (QED) is 0.741. The first-order valence-electron chi connectivity index (χ1n) is 9.92. The van der Waals surface area contributed by atoms with Crippen LogP contribution in [0.5, 0.6) is 11.5 Å². The van der Waals surface area contributed by atoms with Crippen molar-refractivity contribution >= 4 is 17.8 Å². The zero-order valence-corrected chi connectivity index (χ0v) is 16.8. The molecular weight excluding hydrogens is 366 g/mol. The Morgan fingerprint density at radius 2 is 1.86 bits per heavy atom. The summed E-state index contributed by atoms with van der Waals surface area (Å²) in [5, 5.41) is 0. The van der Waals surface area contributed by atoms with E-state index in [1.807, 2.05) is 42.2 Å². The van der Waals surface area contributed by atoms with Crippen molar-refractivity contribution < 1.29 is 19.1 Å². The van der Waals surface area contributed by atoms with Crippen LogP contribution in [0.15, 0.2) is 48.5 Å². The van der Waals surface area contributed by atoms with Gasteiger partial charge in [0.15, 0.2) is 5.78 Å². The van der Waals surface area contributed by atoms with Crippen molar-refractivity contribution in [3.63, 3.8) is 0 Å². The first-order chi connectivity index (χ1) is 14.0. The number of amides is 1. The lowest BCUT2D eigenvalue weighted by molar-refractivity contribution is -0.129. The molecule has 1 fully saturated rings. The Morgan fingerprint density at radius 3 is 2.55 bits per heavy atom. The van der Waals surface area contributed by atoms with E-state index in [9.17, 15) is 9.59 Å². The normalized spacial score (nSPS) is 17.9. The molecular formula is C24H25NO4. The molecule has 2 aromatic carbocycles. The predicted octanol–water partition coefficient (Wildman–Crippen LogP) is 4.04. The van der Waals surface area contributed by atoms with Crippen LogP contribution < -0.4 is 9.47 Å². The van der Waals surface area contributed by atoms with E-state index in [0.29, 0.717) is 49.4 Å². The number of likely N-dealkylation sites (tertiary alicyclic amines) is 1. The number of fused-ring (bicyclic) bond motifs is 1. The van der Waals surface area contributed by atoms with Gasteiger partial charge in [-0.1, -0.05) is 29.8 Å². The number of carbonyl (C=O) groups is 2. The number of carbonyl (C=O) groups excluding carboxylic acids is 2. The van der Waals surface area contributed by atoms with Crippen LogP contribution in [-0.2, 0) is 4.79 Å². The van der Waals surface area contributed by atoms with E-state index >= 15 is 0 Å². The second kappa shape index (κ2) is 7.74. The van der Waals surface area contributed by atoms with Crippen LogP contribution in [0.25, 0.3) is 6.08 Å². The Kier molecular flexibility index (Phi) is 5.14. The number of piperidine rings is 1. The summed E-state index contributed by atoms with van der Waals surface area (Å²) < 4.78 is 11.5. The number of aryl methyl sites for hydroxylation is 1. The molecule has 1 saturated heterocycles. The second-order valence-corrected chi connectivity index (χ2v) is 7.82. The molecule has 0 aromatic heterocycles. The van der Waals surface area contributed by atoms with Crippen LogP contribution in [0.1, 0.15) is 40.7 Å². The van der Waals surface area contributed by atoms with Gasteiger partial charge in [0.05, 0.1) is 19.1 Å². The summed E-state index contributed by atoms with van der Waals surface area (Å²) in [5.74, 6) is 1.33. The van der Waals surface area contributed by atoms with Crippen molar-refractivity contribution in [1.82, 2.24) is 4.90 Å². The van der Waals surface area contributed by atoms with E-state index in [0.717, 1.165) is 5.56 Å². The maximum Gasteiger partial charge on any atom is 0.246 e. The molecule has 2 heterocycles. The number of rotatable bonds is 3. The van der Waals surface area contributed by atoms with Crippen molar-refractivity contribution in [3.8, 4) is 11.5 Å². The zero-order valence-electron chi connectivity index (χ0n) is 16.8. The van der Waals surface area contributed by atoms with Crippen molar-refractivity contribution in [2.75, 3.05) is 20.2 Å². The van der Waals surface area contributed by atoms with Crippen LogP contribution in [-0.4, -0.2) is 42.4 Å². The molecule has 0 atom stereocenters. The molecule has 2 aliphatic rings.